The molecule has 17 heavy (non-hydrogen) atoms. The molecule has 0 aliphatic heterocycles. The highest BCUT2D eigenvalue weighted by Gasteiger charge is 2.08. The van der Waals surface area contributed by atoms with Crippen LogP contribution in [0.15, 0.2) is 54.6 Å². The van der Waals surface area contributed by atoms with Crippen molar-refractivity contribution in [1.82, 2.24) is 0 Å². The average Bonchev–Trinajstić information content (AvgIpc) is 2.42. The molecule has 0 saturated carbocycles. The first-order valence-electron chi connectivity index (χ1n) is 5.82. The number of hydrogen-bond acceptors (Lipinski definition) is 1. The van der Waals surface area contributed by atoms with Gasteiger partial charge in [-0.15, -0.1) is 0 Å². The Kier molecular flexibility index (Phi) is 3.94. The van der Waals surface area contributed by atoms with E-state index in [9.17, 15) is 0 Å². The van der Waals surface area contributed by atoms with Gasteiger partial charge in [0.05, 0.1) is 6.10 Å². The summed E-state index contributed by atoms with van der Waals surface area (Å²) in [6.07, 6.45) is 0.827. The van der Waals surface area contributed by atoms with Crippen LogP contribution in [0.25, 0.3) is 11.1 Å². The van der Waals surface area contributed by atoms with Gasteiger partial charge in [0, 0.05) is 7.11 Å². The summed E-state index contributed by atoms with van der Waals surface area (Å²) < 4.78 is 5.41. The Labute approximate surface area is 103 Å². The third-order valence-corrected chi connectivity index (χ3v) is 2.91. The maximum atomic E-state index is 5.41. The molecule has 0 aromatic heterocycles. The fourth-order valence-corrected chi connectivity index (χ4v) is 1.97. The predicted octanol–water partition coefficient (Wildman–Crippen LogP) is 4.27. The van der Waals surface area contributed by atoms with Crippen molar-refractivity contribution in [1.29, 1.82) is 0 Å². The minimum absolute atomic E-state index is 0.0821. The molecule has 1 atom stereocenters. The highest BCUT2D eigenvalue weighted by molar-refractivity contribution is 5.64. The largest absolute Gasteiger partial charge is 0.377 e. The van der Waals surface area contributed by atoms with Crippen molar-refractivity contribution in [2.75, 3.05) is 7.11 Å². The van der Waals surface area contributed by atoms with Gasteiger partial charge in [-0.1, -0.05) is 55.5 Å². The maximum absolute atomic E-state index is 5.41. The molecule has 1 nitrogen and oxygen atoms in total. The summed E-state index contributed by atoms with van der Waals surface area (Å²) in [6, 6.07) is 18.8. The van der Waals surface area contributed by atoms with Crippen LogP contribution in [-0.4, -0.2) is 7.11 Å². The van der Waals surface area contributed by atoms with Gasteiger partial charge in [0.15, 0.2) is 0 Å². The van der Waals surface area contributed by atoms with Crippen molar-refractivity contribution < 1.29 is 4.74 Å². The fourth-order valence-electron chi connectivity index (χ4n) is 1.97. The first-order chi connectivity index (χ1) is 8.35. The molecule has 1 heteroatoms. The SMILES string of the molecule is [CH2]CC(OC)c1cccc(-c2ccccc2)c1. The van der Waals surface area contributed by atoms with Crippen molar-refractivity contribution in [2.24, 2.45) is 0 Å². The van der Waals surface area contributed by atoms with E-state index in [0.29, 0.717) is 0 Å². The van der Waals surface area contributed by atoms with Crippen LogP contribution in [0.3, 0.4) is 0 Å². The lowest BCUT2D eigenvalue weighted by Crippen LogP contribution is -1.99. The Balaban J connectivity index is 2.35. The predicted molar refractivity (Wildman–Crippen MR) is 71.6 cm³/mol. The molecule has 0 saturated heterocycles. The zero-order valence-corrected chi connectivity index (χ0v) is 10.1. The quantitative estimate of drug-likeness (QED) is 0.755. The summed E-state index contributed by atoms with van der Waals surface area (Å²) >= 11 is 0. The van der Waals surface area contributed by atoms with Crippen LogP contribution in [-0.2, 0) is 4.74 Å². The van der Waals surface area contributed by atoms with E-state index in [-0.39, 0.29) is 6.10 Å². The Morgan fingerprint density at radius 2 is 1.71 bits per heavy atom. The zero-order valence-electron chi connectivity index (χ0n) is 10.1. The fraction of sp³-hybridized carbons (Fsp3) is 0.188. The molecule has 2 rings (SSSR count). The van der Waals surface area contributed by atoms with Crippen molar-refractivity contribution in [3.8, 4) is 11.1 Å². The monoisotopic (exact) mass is 225 g/mol. The van der Waals surface area contributed by atoms with Gasteiger partial charge in [-0.25, -0.2) is 0 Å². The lowest BCUT2D eigenvalue weighted by atomic mass is 10.00. The van der Waals surface area contributed by atoms with Crippen LogP contribution in [0, 0.1) is 6.92 Å². The lowest BCUT2D eigenvalue weighted by Gasteiger charge is -2.14. The first-order valence-corrected chi connectivity index (χ1v) is 5.82. The third kappa shape index (κ3) is 2.75. The van der Waals surface area contributed by atoms with Crippen LogP contribution in [0.4, 0.5) is 0 Å². The van der Waals surface area contributed by atoms with E-state index in [2.05, 4.69) is 55.5 Å². The normalized spacial score (nSPS) is 12.4. The summed E-state index contributed by atoms with van der Waals surface area (Å²) in [7, 11) is 1.73. The molecule has 1 unspecified atom stereocenters. The van der Waals surface area contributed by atoms with Crippen LogP contribution in [0.5, 0.6) is 0 Å². The molecule has 0 fully saturated rings. The van der Waals surface area contributed by atoms with E-state index in [1.807, 2.05) is 6.07 Å². The van der Waals surface area contributed by atoms with Gasteiger partial charge < -0.3 is 4.74 Å². The summed E-state index contributed by atoms with van der Waals surface area (Å²) in [6.45, 7) is 3.91. The smallest absolute Gasteiger partial charge is 0.0821 e. The maximum Gasteiger partial charge on any atom is 0.0821 e. The van der Waals surface area contributed by atoms with Crippen LogP contribution in [0.1, 0.15) is 18.1 Å². The van der Waals surface area contributed by atoms with Gasteiger partial charge in [-0.05, 0) is 29.2 Å². The molecule has 0 bridgehead atoms. The van der Waals surface area contributed by atoms with Crippen LogP contribution < -0.4 is 0 Å². The van der Waals surface area contributed by atoms with Gasteiger partial charge in [-0.2, -0.15) is 0 Å². The molecule has 0 spiro atoms. The topological polar surface area (TPSA) is 9.23 Å². The molecular weight excluding hydrogens is 208 g/mol. The number of benzene rings is 2. The highest BCUT2D eigenvalue weighted by atomic mass is 16.5. The standard InChI is InChI=1S/C16H17O/c1-3-16(17-2)15-11-7-10-14(12-15)13-8-5-4-6-9-13/h4-12,16H,1,3H2,2H3. The Morgan fingerprint density at radius 1 is 1.00 bits per heavy atom. The van der Waals surface area contributed by atoms with E-state index in [0.717, 1.165) is 6.42 Å². The molecule has 1 radical (unpaired) electrons. The molecular formula is C16H17O. The molecule has 0 aliphatic carbocycles. The summed E-state index contributed by atoms with van der Waals surface area (Å²) in [5.41, 5.74) is 3.63. The third-order valence-electron chi connectivity index (χ3n) is 2.91. The average molecular weight is 225 g/mol. The second-order valence-electron chi connectivity index (χ2n) is 4.00. The van der Waals surface area contributed by atoms with Gasteiger partial charge in [0.2, 0.25) is 0 Å². The van der Waals surface area contributed by atoms with E-state index in [4.69, 9.17) is 4.74 Å². The van der Waals surface area contributed by atoms with E-state index >= 15 is 0 Å². The zero-order chi connectivity index (χ0) is 12.1. The van der Waals surface area contributed by atoms with Crippen molar-refractivity contribution in [3.63, 3.8) is 0 Å². The number of hydrogen-bond donors (Lipinski definition) is 0. The van der Waals surface area contributed by atoms with Gasteiger partial charge in [0.1, 0.15) is 0 Å². The van der Waals surface area contributed by atoms with Gasteiger partial charge >= 0.3 is 0 Å². The van der Waals surface area contributed by atoms with Crippen molar-refractivity contribution >= 4 is 0 Å². The summed E-state index contributed by atoms with van der Waals surface area (Å²) in [4.78, 5) is 0. The Hall–Kier alpha value is -1.60. The summed E-state index contributed by atoms with van der Waals surface area (Å²) in [5.74, 6) is 0. The molecule has 2 aromatic rings. The lowest BCUT2D eigenvalue weighted by molar-refractivity contribution is 0.105. The second-order valence-corrected chi connectivity index (χ2v) is 4.00. The molecule has 0 aliphatic rings. The van der Waals surface area contributed by atoms with Gasteiger partial charge in [0.25, 0.3) is 0 Å². The van der Waals surface area contributed by atoms with Gasteiger partial charge in [-0.3, -0.25) is 0 Å². The van der Waals surface area contributed by atoms with Crippen LogP contribution in [0.2, 0.25) is 0 Å². The Morgan fingerprint density at radius 3 is 2.35 bits per heavy atom. The molecule has 0 N–H and O–H groups in total. The van der Waals surface area contributed by atoms with E-state index in [1.54, 1.807) is 7.11 Å². The minimum Gasteiger partial charge on any atom is -0.377 e. The highest BCUT2D eigenvalue weighted by Crippen LogP contribution is 2.25. The summed E-state index contributed by atoms with van der Waals surface area (Å²) in [5, 5.41) is 0. The van der Waals surface area contributed by atoms with Crippen LogP contribution >= 0.6 is 0 Å². The molecule has 2 aromatic carbocycles. The number of methoxy groups -OCH3 is 1. The van der Waals surface area contributed by atoms with Crippen molar-refractivity contribution in [3.05, 3.63) is 67.1 Å². The number of rotatable bonds is 4. The second kappa shape index (κ2) is 5.65. The van der Waals surface area contributed by atoms with E-state index < -0.39 is 0 Å². The first kappa shape index (κ1) is 11.9. The molecule has 0 heterocycles. The van der Waals surface area contributed by atoms with E-state index in [1.165, 1.54) is 16.7 Å². The van der Waals surface area contributed by atoms with Crippen molar-refractivity contribution in [2.45, 2.75) is 12.5 Å². The minimum atomic E-state index is 0.0821. The molecule has 87 valence electrons. The Bertz CT molecular complexity index is 458. The number of ether oxygens (including phenoxy) is 1. The molecule has 0 amide bonds.